The molecular formula is C20H44NO6P. The molecule has 8 heteroatoms. The summed E-state index contributed by atoms with van der Waals surface area (Å²) in [5.41, 5.74) is 5.60. The van der Waals surface area contributed by atoms with Crippen molar-refractivity contribution in [3.8, 4) is 0 Å². The van der Waals surface area contributed by atoms with Gasteiger partial charge in [0, 0.05) is 0 Å². The maximum Gasteiger partial charge on any atom is 0.469 e. The first-order valence-corrected chi connectivity index (χ1v) is 12.6. The normalized spacial score (nSPS) is 15.5. The third-order valence-corrected chi connectivity index (χ3v) is 5.61. The van der Waals surface area contributed by atoms with Gasteiger partial charge in [-0.15, -0.1) is 0 Å². The Kier molecular flexibility index (Phi) is 17.8. The number of phosphoric acid groups is 1. The first-order valence-electron chi connectivity index (χ1n) is 11.1. The van der Waals surface area contributed by atoms with Crippen molar-refractivity contribution in [3.05, 3.63) is 0 Å². The van der Waals surface area contributed by atoms with Crippen LogP contribution in [0.2, 0.25) is 0 Å². The lowest BCUT2D eigenvalue weighted by molar-refractivity contribution is -0.0121. The number of hydrogen-bond donors (Lipinski definition) is 5. The number of aliphatic hydroxyl groups excluding tert-OH is 2. The summed E-state index contributed by atoms with van der Waals surface area (Å²) in [6, 6.07) is -1.03. The van der Waals surface area contributed by atoms with E-state index >= 15 is 0 Å². The number of unbranched alkanes of at least 4 members (excludes halogenated alkanes) is 13. The summed E-state index contributed by atoms with van der Waals surface area (Å²) in [6.07, 6.45) is 15.7. The maximum absolute atomic E-state index is 10.6. The number of aliphatic hydroxyl groups is 2. The molecule has 0 aliphatic heterocycles. The van der Waals surface area contributed by atoms with Crippen molar-refractivity contribution in [2.24, 2.45) is 5.73 Å². The molecule has 0 bridgehead atoms. The Balaban J connectivity index is 3.46. The van der Waals surface area contributed by atoms with Crippen molar-refractivity contribution in [1.82, 2.24) is 0 Å². The van der Waals surface area contributed by atoms with Gasteiger partial charge in [0.2, 0.25) is 0 Å². The Morgan fingerprint density at radius 1 is 0.786 bits per heavy atom. The molecule has 0 aliphatic rings. The largest absolute Gasteiger partial charge is 0.469 e. The maximum atomic E-state index is 10.6. The van der Waals surface area contributed by atoms with E-state index in [9.17, 15) is 14.8 Å². The van der Waals surface area contributed by atoms with E-state index in [1.807, 2.05) is 0 Å². The molecule has 0 rings (SSSR count). The van der Waals surface area contributed by atoms with Crippen LogP contribution in [0.1, 0.15) is 103 Å². The molecule has 6 N–H and O–H groups in total. The Labute approximate surface area is 171 Å². The third-order valence-electron chi connectivity index (χ3n) is 5.12. The summed E-state index contributed by atoms with van der Waals surface area (Å²) in [6.45, 7) is 1.75. The predicted octanol–water partition coefficient (Wildman–Crippen LogP) is 4.02. The fourth-order valence-corrected chi connectivity index (χ4v) is 3.65. The Hall–Kier alpha value is -0.0100. The standard InChI is InChI=1S/C20H44NO6P/c1-2-3-4-5-6-7-8-9-10-11-12-13-14-15-16-19(22)20(23)18(21)17-27-28(24,25)26/h18-20,22-23H,2-17,21H2,1H3,(H2,24,25,26)/t18-,19+,20-/m0/s1. The minimum atomic E-state index is -4.61. The highest BCUT2D eigenvalue weighted by molar-refractivity contribution is 7.46. The van der Waals surface area contributed by atoms with E-state index in [1.165, 1.54) is 70.6 Å². The first-order chi connectivity index (χ1) is 13.3. The molecule has 0 aromatic carbocycles. The molecule has 0 aliphatic carbocycles. The lowest BCUT2D eigenvalue weighted by atomic mass is 10.00. The van der Waals surface area contributed by atoms with Gasteiger partial charge in [0.1, 0.15) is 0 Å². The second kappa shape index (κ2) is 17.8. The monoisotopic (exact) mass is 425 g/mol. The molecule has 7 nitrogen and oxygen atoms in total. The van der Waals surface area contributed by atoms with Gasteiger partial charge in [-0.2, -0.15) is 0 Å². The van der Waals surface area contributed by atoms with Gasteiger partial charge in [-0.25, -0.2) is 4.57 Å². The molecule has 0 heterocycles. The van der Waals surface area contributed by atoms with Gasteiger partial charge in [0.05, 0.1) is 24.9 Å². The molecule has 0 saturated carbocycles. The molecule has 0 aromatic heterocycles. The lowest BCUT2D eigenvalue weighted by Gasteiger charge is -2.23. The summed E-state index contributed by atoms with van der Waals surface area (Å²) < 4.78 is 14.9. The van der Waals surface area contributed by atoms with Crippen molar-refractivity contribution in [3.63, 3.8) is 0 Å². The van der Waals surface area contributed by atoms with Gasteiger partial charge in [-0.05, 0) is 6.42 Å². The summed E-state index contributed by atoms with van der Waals surface area (Å²) >= 11 is 0. The number of rotatable bonds is 20. The van der Waals surface area contributed by atoms with Crippen molar-refractivity contribution in [2.75, 3.05) is 6.61 Å². The molecule has 0 radical (unpaired) electrons. The zero-order valence-electron chi connectivity index (χ0n) is 17.7. The lowest BCUT2D eigenvalue weighted by Crippen LogP contribution is -2.45. The van der Waals surface area contributed by atoms with E-state index in [2.05, 4.69) is 11.4 Å². The van der Waals surface area contributed by atoms with Crippen molar-refractivity contribution in [2.45, 2.75) is 121 Å². The topological polar surface area (TPSA) is 133 Å². The number of phosphoric ester groups is 1. The van der Waals surface area contributed by atoms with Gasteiger partial charge in [-0.1, -0.05) is 96.8 Å². The van der Waals surface area contributed by atoms with E-state index < -0.39 is 32.7 Å². The SMILES string of the molecule is CCCCCCCCCCCCCCCC[C@@H](O)[C@@H](O)[C@@H](N)COP(=O)(O)O. The van der Waals surface area contributed by atoms with Crippen LogP contribution >= 0.6 is 7.82 Å². The average molecular weight is 426 g/mol. The van der Waals surface area contributed by atoms with Crippen molar-refractivity contribution < 1.29 is 29.1 Å². The van der Waals surface area contributed by atoms with Crippen molar-refractivity contribution >= 4 is 7.82 Å². The van der Waals surface area contributed by atoms with Crippen LogP contribution in [0.3, 0.4) is 0 Å². The zero-order chi connectivity index (χ0) is 21.3. The highest BCUT2D eigenvalue weighted by Crippen LogP contribution is 2.35. The number of hydrogen-bond acceptors (Lipinski definition) is 5. The fraction of sp³-hybridized carbons (Fsp3) is 1.00. The Bertz CT molecular complexity index is 393. The molecule has 28 heavy (non-hydrogen) atoms. The van der Waals surface area contributed by atoms with Crippen molar-refractivity contribution in [1.29, 1.82) is 0 Å². The summed E-state index contributed by atoms with van der Waals surface area (Å²) in [4.78, 5) is 17.2. The second-order valence-electron chi connectivity index (χ2n) is 7.89. The van der Waals surface area contributed by atoms with Crippen LogP contribution in [0.4, 0.5) is 0 Å². The van der Waals surface area contributed by atoms with Gasteiger partial charge >= 0.3 is 7.82 Å². The fourth-order valence-electron chi connectivity index (χ4n) is 3.29. The molecule has 0 fully saturated rings. The van der Waals surface area contributed by atoms with Crippen LogP contribution in [-0.2, 0) is 9.09 Å². The molecule has 170 valence electrons. The highest BCUT2D eigenvalue weighted by Gasteiger charge is 2.26. The van der Waals surface area contributed by atoms with E-state index in [0.29, 0.717) is 6.42 Å². The van der Waals surface area contributed by atoms with Gasteiger partial charge in [0.15, 0.2) is 0 Å². The van der Waals surface area contributed by atoms with Crippen LogP contribution in [-0.4, -0.2) is 44.9 Å². The molecule has 0 unspecified atom stereocenters. The molecule has 0 saturated heterocycles. The van der Waals surface area contributed by atoms with E-state index in [0.717, 1.165) is 19.3 Å². The third kappa shape index (κ3) is 18.0. The highest BCUT2D eigenvalue weighted by atomic mass is 31.2. The van der Waals surface area contributed by atoms with Crippen LogP contribution < -0.4 is 5.73 Å². The molecule has 3 atom stereocenters. The molecule has 0 spiro atoms. The van der Waals surface area contributed by atoms with Crippen LogP contribution in [0, 0.1) is 0 Å². The number of nitrogens with two attached hydrogens (primary N) is 1. The minimum absolute atomic E-state index is 0.419. The zero-order valence-corrected chi connectivity index (χ0v) is 18.6. The van der Waals surface area contributed by atoms with E-state index in [-0.39, 0.29) is 0 Å². The average Bonchev–Trinajstić information content (AvgIpc) is 2.64. The smallest absolute Gasteiger partial charge is 0.390 e. The minimum Gasteiger partial charge on any atom is -0.390 e. The molecule has 0 amide bonds. The quantitative estimate of drug-likeness (QED) is 0.147. The molecular weight excluding hydrogens is 381 g/mol. The van der Waals surface area contributed by atoms with Gasteiger partial charge in [0.25, 0.3) is 0 Å². The summed E-state index contributed by atoms with van der Waals surface area (Å²) in [5.74, 6) is 0. The van der Waals surface area contributed by atoms with Crippen LogP contribution in [0.25, 0.3) is 0 Å². The Morgan fingerprint density at radius 3 is 1.57 bits per heavy atom. The second-order valence-corrected chi connectivity index (χ2v) is 9.13. The first kappa shape index (κ1) is 28.0. The van der Waals surface area contributed by atoms with E-state index in [4.69, 9.17) is 15.5 Å². The van der Waals surface area contributed by atoms with Gasteiger partial charge < -0.3 is 25.7 Å². The Morgan fingerprint density at radius 2 is 1.18 bits per heavy atom. The van der Waals surface area contributed by atoms with E-state index in [1.54, 1.807) is 0 Å². The van der Waals surface area contributed by atoms with Gasteiger partial charge in [-0.3, -0.25) is 4.52 Å². The summed E-state index contributed by atoms with van der Waals surface area (Å²) in [5, 5.41) is 19.8. The predicted molar refractivity (Wildman–Crippen MR) is 113 cm³/mol. The summed E-state index contributed by atoms with van der Waals surface area (Å²) in [7, 11) is -4.61. The van der Waals surface area contributed by atoms with Crippen LogP contribution in [0.15, 0.2) is 0 Å². The molecule has 0 aromatic rings. The van der Waals surface area contributed by atoms with Crippen LogP contribution in [0.5, 0.6) is 0 Å².